The number of fused-ring (bicyclic) bond motifs is 9. The van der Waals surface area contributed by atoms with Gasteiger partial charge >= 0.3 is 0 Å². The van der Waals surface area contributed by atoms with Gasteiger partial charge in [0.25, 0.3) is 0 Å². The van der Waals surface area contributed by atoms with E-state index in [-0.39, 0.29) is 16.2 Å². The molecule has 482 valence electrons. The number of hydrogen-bond donors (Lipinski definition) is 0. The lowest BCUT2D eigenvalue weighted by Crippen LogP contribution is -2.32. The van der Waals surface area contributed by atoms with E-state index in [1.165, 1.54) is 257 Å². The fourth-order valence-corrected chi connectivity index (χ4v) is 19.1. The first-order chi connectivity index (χ1) is 43.3. The number of halogens is 2. The molecule has 9 rings (SSSR count). The second-order valence-electron chi connectivity index (χ2n) is 29.4. The summed E-state index contributed by atoms with van der Waals surface area (Å²) in [6.07, 6.45) is 38.1. The zero-order valence-electron chi connectivity index (χ0n) is 58.3. The molecule has 0 fully saturated rings. The summed E-state index contributed by atoms with van der Waals surface area (Å²) in [5, 5.41) is 0. The van der Waals surface area contributed by atoms with Crippen LogP contribution in [0, 0.1) is 35.5 Å². The van der Waals surface area contributed by atoms with Crippen molar-refractivity contribution < 1.29 is 0 Å². The minimum absolute atomic E-state index is 0.0297. The summed E-state index contributed by atoms with van der Waals surface area (Å²) in [5.74, 6) is 4.06. The molecule has 6 aromatic carbocycles. The van der Waals surface area contributed by atoms with E-state index >= 15 is 0 Å². The molecule has 0 radical (unpaired) electrons. The van der Waals surface area contributed by atoms with Gasteiger partial charge in [-0.15, -0.1) is 0 Å². The van der Waals surface area contributed by atoms with E-state index in [4.69, 9.17) is 0 Å². The summed E-state index contributed by atoms with van der Waals surface area (Å²) in [6.45, 7) is 29.3. The average Bonchev–Trinajstić information content (AvgIpc) is 1.65. The van der Waals surface area contributed by atoms with Crippen molar-refractivity contribution in [1.29, 1.82) is 0 Å². The van der Waals surface area contributed by atoms with Crippen LogP contribution in [-0.4, -0.2) is 0 Å². The molecule has 0 nitrogen and oxygen atoms in total. The van der Waals surface area contributed by atoms with Gasteiger partial charge in [0, 0.05) is 25.2 Å². The van der Waals surface area contributed by atoms with Crippen LogP contribution < -0.4 is 0 Å². The maximum Gasteiger partial charge on any atom is 0.0221 e. The van der Waals surface area contributed by atoms with Crippen molar-refractivity contribution in [3.8, 4) is 55.6 Å². The van der Waals surface area contributed by atoms with Crippen molar-refractivity contribution in [3.63, 3.8) is 0 Å². The number of rotatable bonds is 38. The van der Waals surface area contributed by atoms with Gasteiger partial charge in [-0.1, -0.05) is 330 Å². The molecule has 0 saturated heterocycles. The summed E-state index contributed by atoms with van der Waals surface area (Å²) in [4.78, 5) is 0. The highest BCUT2D eigenvalue weighted by atomic mass is 79.9. The van der Waals surface area contributed by atoms with Gasteiger partial charge in [0.2, 0.25) is 0 Å². The summed E-state index contributed by atoms with van der Waals surface area (Å²) < 4.78 is 2.44. The highest BCUT2D eigenvalue weighted by molar-refractivity contribution is 9.10. The molecule has 0 aliphatic heterocycles. The number of unbranched alkanes of at least 4 members (excludes halogenated alkanes) is 6. The molecule has 0 aromatic heterocycles. The quantitative estimate of drug-likeness (QED) is 0.0362. The molecule has 0 saturated carbocycles. The highest BCUT2D eigenvalue weighted by Crippen LogP contribution is 2.62. The van der Waals surface area contributed by atoms with Gasteiger partial charge in [0.15, 0.2) is 0 Å². The normalized spacial score (nSPS) is 19.9. The molecular formula is C87H120Br2. The van der Waals surface area contributed by atoms with E-state index in [2.05, 4.69) is 224 Å². The van der Waals surface area contributed by atoms with Crippen LogP contribution >= 0.6 is 31.9 Å². The molecule has 3 aliphatic carbocycles. The molecule has 2 heteroatoms. The third-order valence-corrected chi connectivity index (χ3v) is 24.7. The summed E-state index contributed by atoms with van der Waals surface area (Å²) in [6, 6.07) is 46.3. The molecule has 0 bridgehead atoms. The monoisotopic (exact) mass is 1320 g/mol. The van der Waals surface area contributed by atoms with Crippen molar-refractivity contribution >= 4 is 31.9 Å². The summed E-state index contributed by atoms with van der Waals surface area (Å²) in [5.41, 5.74) is 24.0. The van der Waals surface area contributed by atoms with Crippen LogP contribution in [0.1, 0.15) is 309 Å². The topological polar surface area (TPSA) is 0 Å². The molecular weight excluding hydrogens is 1200 g/mol. The standard InChI is InChI=1S/C87H120Br2/c1-13-25-31-61(19-7)55-85(56-62(20-8)32-26-14-2)79-49-67(69-39-45-75-77-47-41-71(88)53-83(77)86(81(75)51-69,57-63(21-9)33-27-15-3)58-64(22-10)34-28-16-4)37-43-73(79)74-44-38-68(50-80(74)85)70-40-46-76-78-48-42-72(89)54-84(78)87(82(76)52-70,59-65(23-11)35-29-17-5)60-66(24-12)36-30-18-6/h37-54,61-66H,13-36,55-60H2,1-12H3. The SMILES string of the molecule is CCCCC(CC)CC1(CC(CC)CCCC)c2cc(Br)ccc2-c2ccc(-c3ccc4c(c3)C(CC(CC)CCCC)(CC(CC)CCCC)c3cc(-c5ccc6c(c5)C(CC(CC)CCCC)(CC(CC)CCCC)c5cc(Br)ccc5-6)ccc3-4)cc21. The van der Waals surface area contributed by atoms with Crippen LogP contribution in [0.25, 0.3) is 55.6 Å². The van der Waals surface area contributed by atoms with Crippen LogP contribution in [-0.2, 0) is 16.2 Å². The van der Waals surface area contributed by atoms with Gasteiger partial charge in [0.05, 0.1) is 0 Å². The van der Waals surface area contributed by atoms with Crippen molar-refractivity contribution in [2.75, 3.05) is 0 Å². The Morgan fingerprint density at radius 3 is 0.607 bits per heavy atom. The first kappa shape index (κ1) is 69.6. The number of hydrogen-bond acceptors (Lipinski definition) is 0. The van der Waals surface area contributed by atoms with Gasteiger partial charge in [0.1, 0.15) is 0 Å². The largest absolute Gasteiger partial charge is 0.0654 e. The Morgan fingerprint density at radius 2 is 0.427 bits per heavy atom. The van der Waals surface area contributed by atoms with Gasteiger partial charge in [-0.3, -0.25) is 0 Å². The first-order valence-electron chi connectivity index (χ1n) is 37.5. The second kappa shape index (κ2) is 32.4. The van der Waals surface area contributed by atoms with E-state index in [0.717, 1.165) is 0 Å². The van der Waals surface area contributed by atoms with Gasteiger partial charge in [-0.05, 0) is 212 Å². The molecule has 6 unspecified atom stereocenters. The molecule has 89 heavy (non-hydrogen) atoms. The van der Waals surface area contributed by atoms with E-state index in [9.17, 15) is 0 Å². The fourth-order valence-electron chi connectivity index (χ4n) is 18.3. The minimum Gasteiger partial charge on any atom is -0.0654 e. The van der Waals surface area contributed by atoms with Crippen LogP contribution in [0.4, 0.5) is 0 Å². The van der Waals surface area contributed by atoms with E-state index in [0.29, 0.717) is 35.5 Å². The number of benzene rings is 6. The summed E-state index contributed by atoms with van der Waals surface area (Å²) in [7, 11) is 0. The van der Waals surface area contributed by atoms with E-state index in [1.54, 1.807) is 33.4 Å². The van der Waals surface area contributed by atoms with Crippen LogP contribution in [0.2, 0.25) is 0 Å². The van der Waals surface area contributed by atoms with E-state index in [1.807, 2.05) is 0 Å². The third-order valence-electron chi connectivity index (χ3n) is 23.8. The maximum atomic E-state index is 4.06. The smallest absolute Gasteiger partial charge is 0.0221 e. The maximum absolute atomic E-state index is 4.06. The van der Waals surface area contributed by atoms with Crippen LogP contribution in [0.5, 0.6) is 0 Å². The Kier molecular flexibility index (Phi) is 25.4. The predicted octanol–water partition coefficient (Wildman–Crippen LogP) is 29.0. The Balaban J connectivity index is 1.25. The molecule has 0 N–H and O–H groups in total. The predicted molar refractivity (Wildman–Crippen MR) is 399 cm³/mol. The highest BCUT2D eigenvalue weighted by Gasteiger charge is 2.49. The minimum atomic E-state index is -0.103. The van der Waals surface area contributed by atoms with Crippen molar-refractivity contribution in [2.45, 2.75) is 292 Å². The first-order valence-corrected chi connectivity index (χ1v) is 39.1. The van der Waals surface area contributed by atoms with Gasteiger partial charge in [-0.2, -0.15) is 0 Å². The van der Waals surface area contributed by atoms with E-state index < -0.39 is 0 Å². The van der Waals surface area contributed by atoms with Crippen LogP contribution in [0.3, 0.4) is 0 Å². The lowest BCUT2D eigenvalue weighted by molar-refractivity contribution is 0.265. The molecule has 0 spiro atoms. The lowest BCUT2D eigenvalue weighted by atomic mass is 9.64. The van der Waals surface area contributed by atoms with Crippen LogP contribution in [0.15, 0.2) is 118 Å². The van der Waals surface area contributed by atoms with Crippen molar-refractivity contribution in [1.82, 2.24) is 0 Å². The Bertz CT molecular complexity index is 2970. The van der Waals surface area contributed by atoms with Gasteiger partial charge < -0.3 is 0 Å². The van der Waals surface area contributed by atoms with Gasteiger partial charge in [-0.25, -0.2) is 0 Å². The Morgan fingerprint density at radius 1 is 0.247 bits per heavy atom. The summed E-state index contributed by atoms with van der Waals surface area (Å²) >= 11 is 8.12. The molecule has 6 aromatic rings. The Hall–Kier alpha value is -3.72. The molecule has 3 aliphatic rings. The fraction of sp³-hybridized carbons (Fsp3) is 0.586. The third kappa shape index (κ3) is 14.8. The lowest BCUT2D eigenvalue weighted by Gasteiger charge is -2.39. The molecule has 0 amide bonds. The second-order valence-corrected chi connectivity index (χ2v) is 31.2. The zero-order valence-corrected chi connectivity index (χ0v) is 61.5. The van der Waals surface area contributed by atoms with Crippen molar-refractivity contribution in [2.24, 2.45) is 35.5 Å². The van der Waals surface area contributed by atoms with Crippen molar-refractivity contribution in [3.05, 3.63) is 152 Å². The molecule has 6 atom stereocenters. The zero-order chi connectivity index (χ0) is 63.3. The molecule has 0 heterocycles. The Labute approximate surface area is 562 Å². The average molecular weight is 1330 g/mol.